The number of anilines is 6. The topological polar surface area (TPSA) is 6.48 Å². The molecule has 0 aliphatic heterocycles. The lowest BCUT2D eigenvalue weighted by Crippen LogP contribution is -2.09. The van der Waals surface area contributed by atoms with Gasteiger partial charge in [-0.3, -0.25) is 0 Å². The number of rotatable bonds is 13. The van der Waals surface area contributed by atoms with Gasteiger partial charge in [0.05, 0.1) is 0 Å². The van der Waals surface area contributed by atoms with Crippen molar-refractivity contribution < 1.29 is 0 Å². The van der Waals surface area contributed by atoms with Crippen LogP contribution in [0, 0.1) is 20.8 Å². The minimum absolute atomic E-state index is 1.04. The van der Waals surface area contributed by atoms with Gasteiger partial charge in [0.15, 0.2) is 0 Å². The SMILES string of the molecule is CCc1ccc(-c2ccc(N(c3ccc(-c4ccc(C)cc4)cc3)c3ccc(-c4ccc(-c5ccc(N(c6ccc(-c7ccc(C)cc7)cc6)c6ccc(-c7ccc(C)cc7)cc6)cc5)cc4)cc3)cc2)cc1. The summed E-state index contributed by atoms with van der Waals surface area (Å²) >= 11 is 0. The van der Waals surface area contributed by atoms with Crippen LogP contribution in [0.3, 0.4) is 0 Å². The first kappa shape index (κ1) is 46.4. The third-order valence-electron chi connectivity index (χ3n) is 14.2. The monoisotopic (exact) mass is 938 g/mol. The fourth-order valence-corrected chi connectivity index (χ4v) is 9.74. The highest BCUT2D eigenvalue weighted by molar-refractivity contribution is 5.84. The molecule has 2 nitrogen and oxygen atoms in total. The predicted octanol–water partition coefficient (Wildman–Crippen LogP) is 20.1. The van der Waals surface area contributed by atoms with Crippen LogP contribution in [0.1, 0.15) is 29.2 Å². The maximum atomic E-state index is 2.35. The second kappa shape index (κ2) is 20.8. The molecule has 0 bridgehead atoms. The minimum Gasteiger partial charge on any atom is -0.311 e. The van der Waals surface area contributed by atoms with Gasteiger partial charge < -0.3 is 9.80 Å². The third-order valence-corrected chi connectivity index (χ3v) is 14.2. The van der Waals surface area contributed by atoms with Gasteiger partial charge in [0.25, 0.3) is 0 Å². The summed E-state index contributed by atoms with van der Waals surface area (Å²) in [5.41, 5.74) is 26.1. The van der Waals surface area contributed by atoms with Crippen LogP contribution in [0.15, 0.2) is 267 Å². The largest absolute Gasteiger partial charge is 0.311 e. The van der Waals surface area contributed by atoms with E-state index in [0.717, 1.165) is 40.5 Å². The molecule has 2 heteroatoms. The van der Waals surface area contributed by atoms with Crippen molar-refractivity contribution >= 4 is 34.1 Å². The average molecular weight is 939 g/mol. The Bertz CT molecular complexity index is 3470. The summed E-state index contributed by atoms with van der Waals surface area (Å²) in [4.78, 5) is 4.69. The summed E-state index contributed by atoms with van der Waals surface area (Å²) < 4.78 is 0. The Balaban J connectivity index is 0.851. The molecule has 0 spiro atoms. The molecule has 0 fully saturated rings. The standard InChI is InChI=1S/C71H58N2/c1-5-53-12-20-57(21-13-53)63-32-44-69(45-33-63)73(68-42-30-62(31-43-68)56-18-10-52(4)11-19-56)71-48-36-65(37-49-71)59-24-22-58(23-25-59)64-34-46-70(47-35-64)72(66-38-26-60(27-39-66)54-14-6-50(2)7-15-54)67-40-28-61(29-41-67)55-16-8-51(3)9-17-55/h6-49H,5H2,1-4H3. The molecule has 0 amide bonds. The summed E-state index contributed by atoms with van der Waals surface area (Å²) in [6, 6.07) is 97.7. The zero-order valence-corrected chi connectivity index (χ0v) is 42.0. The molecule has 0 aromatic heterocycles. The van der Waals surface area contributed by atoms with E-state index in [4.69, 9.17) is 0 Å². The quantitative estimate of drug-likeness (QED) is 0.114. The van der Waals surface area contributed by atoms with Gasteiger partial charge in [-0.2, -0.15) is 0 Å². The molecule has 0 unspecified atom stereocenters. The highest BCUT2D eigenvalue weighted by atomic mass is 15.1. The van der Waals surface area contributed by atoms with Crippen LogP contribution >= 0.6 is 0 Å². The Kier molecular flexibility index (Phi) is 13.2. The van der Waals surface area contributed by atoms with Crippen molar-refractivity contribution in [2.45, 2.75) is 34.1 Å². The zero-order chi connectivity index (χ0) is 49.7. The summed E-state index contributed by atoms with van der Waals surface area (Å²) in [6.07, 6.45) is 1.04. The number of nitrogens with zero attached hydrogens (tertiary/aromatic N) is 2. The van der Waals surface area contributed by atoms with E-state index >= 15 is 0 Å². The molecule has 0 aliphatic rings. The lowest BCUT2D eigenvalue weighted by molar-refractivity contribution is 1.14. The predicted molar refractivity (Wildman–Crippen MR) is 312 cm³/mol. The van der Waals surface area contributed by atoms with Crippen molar-refractivity contribution in [3.63, 3.8) is 0 Å². The van der Waals surface area contributed by atoms with Crippen molar-refractivity contribution in [2.24, 2.45) is 0 Å². The molecular formula is C71H58N2. The Hall–Kier alpha value is -8.98. The first-order chi connectivity index (χ1) is 35.8. The lowest BCUT2D eigenvalue weighted by Gasteiger charge is -2.26. The van der Waals surface area contributed by atoms with Gasteiger partial charge in [-0.25, -0.2) is 0 Å². The minimum atomic E-state index is 1.04. The zero-order valence-electron chi connectivity index (χ0n) is 42.0. The van der Waals surface area contributed by atoms with E-state index in [1.807, 2.05) is 0 Å². The molecule has 0 heterocycles. The Morgan fingerprint density at radius 1 is 0.192 bits per heavy atom. The van der Waals surface area contributed by atoms with E-state index in [2.05, 4.69) is 304 Å². The molecule has 0 radical (unpaired) electrons. The van der Waals surface area contributed by atoms with Gasteiger partial charge in [-0.05, 0) is 172 Å². The molecule has 0 N–H and O–H groups in total. The van der Waals surface area contributed by atoms with Crippen molar-refractivity contribution in [2.75, 3.05) is 9.80 Å². The van der Waals surface area contributed by atoms with Crippen molar-refractivity contribution in [1.29, 1.82) is 0 Å². The lowest BCUT2D eigenvalue weighted by atomic mass is 9.99. The normalized spacial score (nSPS) is 11.1. The smallest absolute Gasteiger partial charge is 0.0462 e. The van der Waals surface area contributed by atoms with Crippen molar-refractivity contribution in [3.05, 3.63) is 289 Å². The van der Waals surface area contributed by atoms with E-state index in [0.29, 0.717) is 0 Å². The van der Waals surface area contributed by atoms with Gasteiger partial charge in [0, 0.05) is 34.1 Å². The summed E-state index contributed by atoms with van der Waals surface area (Å²) in [5.74, 6) is 0. The molecule has 0 saturated carbocycles. The second-order valence-electron chi connectivity index (χ2n) is 19.2. The molecule has 0 atom stereocenters. The highest BCUT2D eigenvalue weighted by Crippen LogP contribution is 2.40. The Morgan fingerprint density at radius 3 is 0.493 bits per heavy atom. The van der Waals surface area contributed by atoms with E-state index in [1.54, 1.807) is 0 Å². The van der Waals surface area contributed by atoms with E-state index < -0.39 is 0 Å². The average Bonchev–Trinajstić information content (AvgIpc) is 3.45. The molecule has 11 aromatic carbocycles. The highest BCUT2D eigenvalue weighted by Gasteiger charge is 2.16. The van der Waals surface area contributed by atoms with Crippen molar-refractivity contribution in [3.8, 4) is 66.8 Å². The number of hydrogen-bond acceptors (Lipinski definition) is 2. The molecular weight excluding hydrogens is 881 g/mol. The Morgan fingerprint density at radius 2 is 0.329 bits per heavy atom. The third kappa shape index (κ3) is 10.3. The molecule has 352 valence electrons. The fourth-order valence-electron chi connectivity index (χ4n) is 9.74. The van der Waals surface area contributed by atoms with Gasteiger partial charge in [-0.1, -0.05) is 218 Å². The maximum absolute atomic E-state index is 2.35. The van der Waals surface area contributed by atoms with E-state index in [-0.39, 0.29) is 0 Å². The van der Waals surface area contributed by atoms with Crippen LogP contribution in [0.2, 0.25) is 0 Å². The molecule has 0 aliphatic carbocycles. The van der Waals surface area contributed by atoms with E-state index in [1.165, 1.54) is 89.0 Å². The summed E-state index contributed by atoms with van der Waals surface area (Å²) in [7, 11) is 0. The Labute approximate surface area is 431 Å². The number of aryl methyl sites for hydroxylation is 4. The first-order valence-corrected chi connectivity index (χ1v) is 25.4. The first-order valence-electron chi connectivity index (χ1n) is 25.4. The summed E-state index contributed by atoms with van der Waals surface area (Å²) in [5, 5.41) is 0. The van der Waals surface area contributed by atoms with Gasteiger partial charge in [-0.15, -0.1) is 0 Å². The van der Waals surface area contributed by atoms with Crippen LogP contribution in [0.5, 0.6) is 0 Å². The van der Waals surface area contributed by atoms with Crippen LogP contribution in [0.4, 0.5) is 34.1 Å². The molecule has 73 heavy (non-hydrogen) atoms. The number of benzene rings is 11. The van der Waals surface area contributed by atoms with Gasteiger partial charge in [0.2, 0.25) is 0 Å². The second-order valence-corrected chi connectivity index (χ2v) is 19.2. The summed E-state index contributed by atoms with van der Waals surface area (Å²) in [6.45, 7) is 8.59. The van der Waals surface area contributed by atoms with Crippen LogP contribution < -0.4 is 9.80 Å². The van der Waals surface area contributed by atoms with Crippen LogP contribution in [0.25, 0.3) is 66.8 Å². The molecule has 11 aromatic rings. The van der Waals surface area contributed by atoms with Crippen LogP contribution in [-0.2, 0) is 6.42 Å². The molecule has 0 saturated heterocycles. The number of hydrogen-bond donors (Lipinski definition) is 0. The van der Waals surface area contributed by atoms with Crippen LogP contribution in [-0.4, -0.2) is 0 Å². The fraction of sp³-hybridized carbons (Fsp3) is 0.0704. The maximum Gasteiger partial charge on any atom is 0.0462 e. The van der Waals surface area contributed by atoms with E-state index in [9.17, 15) is 0 Å². The van der Waals surface area contributed by atoms with Gasteiger partial charge >= 0.3 is 0 Å². The van der Waals surface area contributed by atoms with Crippen molar-refractivity contribution in [1.82, 2.24) is 0 Å². The van der Waals surface area contributed by atoms with Gasteiger partial charge in [0.1, 0.15) is 0 Å². The molecule has 11 rings (SSSR count).